The van der Waals surface area contributed by atoms with Gasteiger partial charge < -0.3 is 9.64 Å². The summed E-state index contributed by atoms with van der Waals surface area (Å²) < 4.78 is 5.95. The number of Topliss-reactive ketones (excluding diaryl/α,β-unsaturated/α-hetero) is 1. The Hall–Kier alpha value is -2.11. The predicted molar refractivity (Wildman–Crippen MR) is 108 cm³/mol. The third-order valence-corrected chi connectivity index (χ3v) is 5.37. The number of hydrogen-bond donors (Lipinski definition) is 0. The molecule has 0 N–H and O–H groups in total. The van der Waals surface area contributed by atoms with Gasteiger partial charge >= 0.3 is 0 Å². The number of hydrogen-bond acceptors (Lipinski definition) is 5. The molecule has 1 aliphatic rings. The molecule has 3 rings (SSSR count). The first kappa shape index (κ1) is 17.7. The number of thiocarbonyl (C=S) groups is 1. The smallest absolute Gasteiger partial charge is 0.222 e. The van der Waals surface area contributed by atoms with Gasteiger partial charge in [-0.2, -0.15) is 0 Å². The molecule has 128 valence electrons. The lowest BCUT2D eigenvalue weighted by atomic mass is 10.0. The van der Waals surface area contributed by atoms with Gasteiger partial charge in [0.05, 0.1) is 13.2 Å². The second-order valence-electron chi connectivity index (χ2n) is 5.56. The minimum atomic E-state index is -0.0760. The number of ketones is 1. The summed E-state index contributed by atoms with van der Waals surface area (Å²) in [6, 6.07) is 17.5. The van der Waals surface area contributed by atoms with Gasteiger partial charge in [-0.1, -0.05) is 54.6 Å². The quantitative estimate of drug-likeness (QED) is 0.552. The molecule has 0 radical (unpaired) electrons. The summed E-state index contributed by atoms with van der Waals surface area (Å²) in [5.74, 6) is 0.0811. The Kier molecular flexibility index (Phi) is 5.89. The number of ether oxygens (including phenoxy) is 1. The van der Waals surface area contributed by atoms with E-state index in [0.717, 1.165) is 11.1 Å². The normalized spacial score (nSPS) is 15.6. The zero-order chi connectivity index (χ0) is 17.6. The van der Waals surface area contributed by atoms with Gasteiger partial charge in [0.1, 0.15) is 5.37 Å². The number of fused-ring (bicyclic) bond motifs is 1. The van der Waals surface area contributed by atoms with Crippen molar-refractivity contribution in [3.8, 4) is 0 Å². The highest BCUT2D eigenvalue weighted by atomic mass is 32.2. The van der Waals surface area contributed by atoms with E-state index in [4.69, 9.17) is 17.0 Å². The van der Waals surface area contributed by atoms with Gasteiger partial charge in [0.25, 0.3) is 0 Å². The topological polar surface area (TPSA) is 29.5 Å². The van der Waals surface area contributed by atoms with Crippen LogP contribution in [0.2, 0.25) is 0 Å². The fourth-order valence-corrected chi connectivity index (χ4v) is 4.09. The number of nitrogens with zero attached hydrogens (tertiary/aromatic N) is 1. The number of rotatable bonds is 5. The summed E-state index contributed by atoms with van der Waals surface area (Å²) in [6.45, 7) is 2.75. The van der Waals surface area contributed by atoms with Crippen molar-refractivity contribution in [2.75, 3.05) is 13.2 Å². The zero-order valence-corrected chi connectivity index (χ0v) is 15.6. The van der Waals surface area contributed by atoms with Crippen LogP contribution in [0.5, 0.6) is 0 Å². The second-order valence-corrected chi connectivity index (χ2v) is 7.24. The predicted octanol–water partition coefficient (Wildman–Crippen LogP) is 4.91. The van der Waals surface area contributed by atoms with Crippen molar-refractivity contribution in [3.63, 3.8) is 0 Å². The van der Waals surface area contributed by atoms with Crippen molar-refractivity contribution < 1.29 is 9.53 Å². The van der Waals surface area contributed by atoms with Crippen molar-refractivity contribution in [3.05, 3.63) is 77.5 Å². The van der Waals surface area contributed by atoms with Gasteiger partial charge in [-0.25, -0.2) is 0 Å². The van der Waals surface area contributed by atoms with E-state index in [0.29, 0.717) is 23.1 Å². The zero-order valence-electron chi connectivity index (χ0n) is 13.9. The molecule has 1 aliphatic heterocycles. The van der Waals surface area contributed by atoms with E-state index in [9.17, 15) is 4.79 Å². The molecule has 3 nitrogen and oxygen atoms in total. The van der Waals surface area contributed by atoms with Crippen LogP contribution in [0.25, 0.3) is 6.08 Å². The monoisotopic (exact) mass is 369 g/mol. The van der Waals surface area contributed by atoms with E-state index in [1.165, 1.54) is 11.8 Å². The molecule has 1 heterocycles. The summed E-state index contributed by atoms with van der Waals surface area (Å²) in [5, 5.41) is -0.0760. The van der Waals surface area contributed by atoms with Crippen LogP contribution in [0, 0.1) is 0 Å². The average molecular weight is 370 g/mol. The molecule has 1 atom stereocenters. The molecular weight excluding hydrogens is 350 g/mol. The maximum atomic E-state index is 12.6. The molecular formula is C20H19NO2S2. The fourth-order valence-electron chi connectivity index (χ4n) is 2.71. The molecule has 5 heteroatoms. The van der Waals surface area contributed by atoms with Gasteiger partial charge in [-0.3, -0.25) is 4.79 Å². The molecule has 0 saturated heterocycles. The van der Waals surface area contributed by atoms with E-state index in [-0.39, 0.29) is 11.2 Å². The van der Waals surface area contributed by atoms with Crippen LogP contribution in [0.4, 0.5) is 0 Å². The summed E-state index contributed by atoms with van der Waals surface area (Å²) in [6.07, 6.45) is 4.00. The van der Waals surface area contributed by atoms with Gasteiger partial charge in [-0.15, -0.1) is 0 Å². The van der Waals surface area contributed by atoms with Gasteiger partial charge in [0.15, 0.2) is 5.78 Å². The molecule has 0 aliphatic carbocycles. The number of carbonyl (C=O) groups excluding carboxylic acids is 1. The Morgan fingerprint density at radius 3 is 2.64 bits per heavy atom. The first-order valence-electron chi connectivity index (χ1n) is 8.13. The minimum absolute atomic E-state index is 0.0760. The van der Waals surface area contributed by atoms with Gasteiger partial charge in [-0.05, 0) is 48.1 Å². The average Bonchev–Trinajstić information content (AvgIpc) is 2.64. The summed E-state index contributed by atoms with van der Waals surface area (Å²) in [7, 11) is 0. The van der Waals surface area contributed by atoms with Crippen molar-refractivity contribution in [1.82, 2.24) is 4.90 Å². The SMILES string of the molecule is CCOC(=S)S[C@@H]1c2ccccc2C=CN1CC(=O)c1ccccc1. The molecule has 0 bridgehead atoms. The maximum Gasteiger partial charge on any atom is 0.222 e. The third-order valence-electron chi connectivity index (χ3n) is 3.90. The van der Waals surface area contributed by atoms with Crippen molar-refractivity contribution in [1.29, 1.82) is 0 Å². The van der Waals surface area contributed by atoms with Crippen molar-refractivity contribution in [2.24, 2.45) is 0 Å². The fraction of sp³-hybridized carbons (Fsp3) is 0.200. The van der Waals surface area contributed by atoms with E-state index in [1.54, 1.807) is 0 Å². The molecule has 0 fully saturated rings. The Morgan fingerprint density at radius 2 is 1.88 bits per heavy atom. The molecule has 25 heavy (non-hydrogen) atoms. The first-order valence-corrected chi connectivity index (χ1v) is 9.42. The van der Waals surface area contributed by atoms with E-state index in [1.807, 2.05) is 66.6 Å². The third kappa shape index (κ3) is 4.30. The van der Waals surface area contributed by atoms with Crippen LogP contribution in [0.1, 0.15) is 33.8 Å². The molecule has 0 spiro atoms. The van der Waals surface area contributed by atoms with E-state index >= 15 is 0 Å². The Morgan fingerprint density at radius 1 is 1.16 bits per heavy atom. The summed E-state index contributed by atoms with van der Waals surface area (Å²) >= 11 is 6.79. The largest absolute Gasteiger partial charge is 0.479 e. The standard InChI is InChI=1S/C20H19NO2S2/c1-2-23-20(24)25-19-17-11-7-6-8-15(17)12-13-21(19)14-18(22)16-9-4-3-5-10-16/h3-13,19H,2,14H2,1H3/t19-/m1/s1. The first-order chi connectivity index (χ1) is 12.2. The molecule has 2 aromatic rings. The van der Waals surface area contributed by atoms with Crippen molar-refractivity contribution in [2.45, 2.75) is 12.3 Å². The van der Waals surface area contributed by atoms with Crippen LogP contribution < -0.4 is 0 Å². The molecule has 0 aromatic heterocycles. The number of benzene rings is 2. The van der Waals surface area contributed by atoms with Crippen LogP contribution >= 0.6 is 24.0 Å². The van der Waals surface area contributed by atoms with E-state index < -0.39 is 0 Å². The highest BCUT2D eigenvalue weighted by molar-refractivity contribution is 8.22. The maximum absolute atomic E-state index is 12.6. The Labute approximate surface area is 157 Å². The van der Waals surface area contributed by atoms with Crippen LogP contribution in [-0.2, 0) is 4.74 Å². The van der Waals surface area contributed by atoms with Crippen molar-refractivity contribution >= 4 is 40.2 Å². The summed E-state index contributed by atoms with van der Waals surface area (Å²) in [4.78, 5) is 14.7. The molecule has 0 saturated carbocycles. The molecule has 2 aromatic carbocycles. The molecule has 0 unspecified atom stereocenters. The van der Waals surface area contributed by atoms with E-state index in [2.05, 4.69) is 12.1 Å². The second kappa shape index (κ2) is 8.32. The van der Waals surface area contributed by atoms with Crippen LogP contribution in [0.3, 0.4) is 0 Å². The lowest BCUT2D eigenvalue weighted by Gasteiger charge is -2.33. The Balaban J connectivity index is 1.84. The Bertz CT molecular complexity index is 789. The lowest BCUT2D eigenvalue weighted by molar-refractivity contribution is 0.0951. The minimum Gasteiger partial charge on any atom is -0.479 e. The van der Waals surface area contributed by atoms with Gasteiger partial charge in [0, 0.05) is 11.8 Å². The van der Waals surface area contributed by atoms with Gasteiger partial charge in [0.2, 0.25) is 4.38 Å². The van der Waals surface area contributed by atoms with Crippen LogP contribution in [0.15, 0.2) is 60.8 Å². The number of thioether (sulfide) groups is 1. The van der Waals surface area contributed by atoms with Crippen LogP contribution in [-0.4, -0.2) is 28.2 Å². The number of carbonyl (C=O) groups is 1. The molecule has 0 amide bonds. The lowest BCUT2D eigenvalue weighted by Crippen LogP contribution is -2.30. The highest BCUT2D eigenvalue weighted by Crippen LogP contribution is 2.39. The summed E-state index contributed by atoms with van der Waals surface area (Å²) in [5.41, 5.74) is 2.99. The highest BCUT2D eigenvalue weighted by Gasteiger charge is 2.27.